The van der Waals surface area contributed by atoms with Crippen LogP contribution in [0.1, 0.15) is 5.56 Å². The smallest absolute Gasteiger partial charge is 0.221 e. The zero-order valence-corrected chi connectivity index (χ0v) is 10.8. The van der Waals surface area contributed by atoms with Crippen LogP contribution in [0, 0.1) is 6.92 Å². The van der Waals surface area contributed by atoms with Gasteiger partial charge in [-0.25, -0.2) is 4.98 Å². The molecule has 0 saturated heterocycles. The Morgan fingerprint density at radius 1 is 1.17 bits per heavy atom. The molecule has 1 aromatic carbocycles. The second-order valence-electron chi connectivity index (χ2n) is 4.33. The first kappa shape index (κ1) is 12.2. The Kier molecular flexibility index (Phi) is 3.32. The normalized spacial score (nSPS) is 10.2. The first-order chi connectivity index (χ1) is 8.56. The molecule has 0 amide bonds. The summed E-state index contributed by atoms with van der Waals surface area (Å²) in [5.41, 5.74) is 8.66. The molecule has 5 heteroatoms. The first-order valence-corrected chi connectivity index (χ1v) is 5.70. The van der Waals surface area contributed by atoms with E-state index in [4.69, 9.17) is 5.73 Å². The van der Waals surface area contributed by atoms with E-state index in [1.807, 2.05) is 45.3 Å². The third-order valence-corrected chi connectivity index (χ3v) is 2.64. The van der Waals surface area contributed by atoms with Crippen LogP contribution in [0.25, 0.3) is 0 Å². The van der Waals surface area contributed by atoms with E-state index in [1.54, 1.807) is 6.20 Å². The van der Waals surface area contributed by atoms with Crippen molar-refractivity contribution >= 4 is 23.1 Å². The van der Waals surface area contributed by atoms with Gasteiger partial charge in [0.05, 0.1) is 0 Å². The van der Waals surface area contributed by atoms with Crippen molar-refractivity contribution in [2.75, 3.05) is 30.0 Å². The van der Waals surface area contributed by atoms with Gasteiger partial charge in [0.15, 0.2) is 0 Å². The van der Waals surface area contributed by atoms with Crippen LogP contribution in [-0.4, -0.2) is 24.1 Å². The highest BCUT2D eigenvalue weighted by molar-refractivity contribution is 5.62. The van der Waals surface area contributed by atoms with E-state index in [1.165, 1.54) is 0 Å². The minimum Gasteiger partial charge on any atom is -0.378 e. The standard InChI is InChI=1S/C13H17N5/c1-9-8-15-13(14)17-12(9)16-10-4-6-11(7-5-10)18(2)3/h4-8H,1-3H3,(H3,14,15,16,17). The molecule has 0 bridgehead atoms. The molecule has 1 aromatic heterocycles. The summed E-state index contributed by atoms with van der Waals surface area (Å²) >= 11 is 0. The van der Waals surface area contributed by atoms with Crippen LogP contribution in [0.5, 0.6) is 0 Å². The predicted molar refractivity (Wildman–Crippen MR) is 75.2 cm³/mol. The van der Waals surface area contributed by atoms with E-state index < -0.39 is 0 Å². The zero-order chi connectivity index (χ0) is 13.1. The summed E-state index contributed by atoms with van der Waals surface area (Å²) in [5.74, 6) is 1.01. The summed E-state index contributed by atoms with van der Waals surface area (Å²) in [4.78, 5) is 10.2. The Labute approximate surface area is 107 Å². The topological polar surface area (TPSA) is 67.1 Å². The fourth-order valence-corrected chi connectivity index (χ4v) is 1.56. The van der Waals surface area contributed by atoms with Crippen molar-refractivity contribution in [1.82, 2.24) is 9.97 Å². The summed E-state index contributed by atoms with van der Waals surface area (Å²) < 4.78 is 0. The van der Waals surface area contributed by atoms with Crippen LogP contribution < -0.4 is 16.0 Å². The van der Waals surface area contributed by atoms with E-state index in [0.717, 1.165) is 22.8 Å². The second kappa shape index (κ2) is 4.91. The van der Waals surface area contributed by atoms with Gasteiger partial charge in [-0.3, -0.25) is 0 Å². The van der Waals surface area contributed by atoms with Gasteiger partial charge in [0.1, 0.15) is 5.82 Å². The molecule has 18 heavy (non-hydrogen) atoms. The molecular formula is C13H17N5. The molecule has 1 heterocycles. The zero-order valence-electron chi connectivity index (χ0n) is 10.8. The number of aryl methyl sites for hydroxylation is 1. The number of benzene rings is 1. The van der Waals surface area contributed by atoms with E-state index in [9.17, 15) is 0 Å². The number of nitrogens with two attached hydrogens (primary N) is 1. The predicted octanol–water partition coefficient (Wildman–Crippen LogP) is 2.18. The Hall–Kier alpha value is -2.30. The summed E-state index contributed by atoms with van der Waals surface area (Å²) in [6.07, 6.45) is 1.71. The Bertz CT molecular complexity index is 534. The Balaban J connectivity index is 2.21. The molecule has 0 aliphatic rings. The van der Waals surface area contributed by atoms with Crippen molar-refractivity contribution in [3.63, 3.8) is 0 Å². The number of hydrogen-bond acceptors (Lipinski definition) is 5. The van der Waals surface area contributed by atoms with Gasteiger partial charge in [-0.15, -0.1) is 0 Å². The van der Waals surface area contributed by atoms with E-state index in [0.29, 0.717) is 0 Å². The minimum absolute atomic E-state index is 0.271. The second-order valence-corrected chi connectivity index (χ2v) is 4.33. The lowest BCUT2D eigenvalue weighted by Crippen LogP contribution is -2.08. The first-order valence-electron chi connectivity index (χ1n) is 5.70. The lowest BCUT2D eigenvalue weighted by Gasteiger charge is -2.13. The molecule has 0 saturated carbocycles. The van der Waals surface area contributed by atoms with Crippen molar-refractivity contribution in [3.8, 4) is 0 Å². The molecule has 5 nitrogen and oxygen atoms in total. The van der Waals surface area contributed by atoms with Crippen molar-refractivity contribution in [3.05, 3.63) is 36.0 Å². The average Bonchev–Trinajstić information content (AvgIpc) is 2.34. The van der Waals surface area contributed by atoms with Gasteiger partial charge in [0.25, 0.3) is 0 Å². The maximum atomic E-state index is 5.58. The maximum Gasteiger partial charge on any atom is 0.221 e. The quantitative estimate of drug-likeness (QED) is 0.864. The highest BCUT2D eigenvalue weighted by Crippen LogP contribution is 2.21. The number of rotatable bonds is 3. The van der Waals surface area contributed by atoms with E-state index in [-0.39, 0.29) is 5.95 Å². The average molecular weight is 243 g/mol. The molecule has 0 aliphatic heterocycles. The highest BCUT2D eigenvalue weighted by atomic mass is 15.1. The lowest BCUT2D eigenvalue weighted by molar-refractivity contribution is 1.13. The Morgan fingerprint density at radius 2 is 1.83 bits per heavy atom. The number of aromatic nitrogens is 2. The Morgan fingerprint density at radius 3 is 2.44 bits per heavy atom. The molecule has 0 fully saturated rings. The van der Waals surface area contributed by atoms with Gasteiger partial charge in [0, 0.05) is 37.2 Å². The summed E-state index contributed by atoms with van der Waals surface area (Å²) in [5, 5.41) is 3.23. The van der Waals surface area contributed by atoms with Crippen molar-refractivity contribution < 1.29 is 0 Å². The molecule has 2 rings (SSSR count). The van der Waals surface area contributed by atoms with Gasteiger partial charge in [-0.05, 0) is 31.2 Å². The van der Waals surface area contributed by atoms with E-state index in [2.05, 4.69) is 20.2 Å². The number of anilines is 4. The van der Waals surface area contributed by atoms with Crippen LogP contribution in [0.3, 0.4) is 0 Å². The number of nitrogens with zero attached hydrogens (tertiary/aromatic N) is 3. The van der Waals surface area contributed by atoms with Gasteiger partial charge < -0.3 is 16.0 Å². The summed E-state index contributed by atoms with van der Waals surface area (Å²) in [6.45, 7) is 1.94. The van der Waals surface area contributed by atoms with Crippen LogP contribution in [0.4, 0.5) is 23.1 Å². The number of hydrogen-bond donors (Lipinski definition) is 2. The molecule has 94 valence electrons. The maximum absolute atomic E-state index is 5.58. The fourth-order valence-electron chi connectivity index (χ4n) is 1.56. The molecule has 3 N–H and O–H groups in total. The van der Waals surface area contributed by atoms with Crippen LogP contribution >= 0.6 is 0 Å². The minimum atomic E-state index is 0.271. The fraction of sp³-hybridized carbons (Fsp3) is 0.231. The van der Waals surface area contributed by atoms with Crippen molar-refractivity contribution in [1.29, 1.82) is 0 Å². The van der Waals surface area contributed by atoms with Crippen molar-refractivity contribution in [2.45, 2.75) is 6.92 Å². The molecular weight excluding hydrogens is 226 g/mol. The summed E-state index contributed by atoms with van der Waals surface area (Å²) in [7, 11) is 4.02. The number of nitrogens with one attached hydrogen (secondary N) is 1. The molecule has 0 unspecified atom stereocenters. The molecule has 0 spiro atoms. The van der Waals surface area contributed by atoms with Crippen molar-refractivity contribution in [2.24, 2.45) is 0 Å². The van der Waals surface area contributed by atoms with Gasteiger partial charge in [-0.2, -0.15) is 4.98 Å². The lowest BCUT2D eigenvalue weighted by atomic mass is 10.2. The van der Waals surface area contributed by atoms with Crippen LogP contribution in [0.2, 0.25) is 0 Å². The van der Waals surface area contributed by atoms with Gasteiger partial charge in [0.2, 0.25) is 5.95 Å². The van der Waals surface area contributed by atoms with Gasteiger partial charge in [-0.1, -0.05) is 0 Å². The highest BCUT2D eigenvalue weighted by Gasteiger charge is 2.02. The number of nitrogen functional groups attached to an aromatic ring is 1. The third-order valence-electron chi connectivity index (χ3n) is 2.64. The molecule has 0 aliphatic carbocycles. The molecule has 2 aromatic rings. The largest absolute Gasteiger partial charge is 0.378 e. The van der Waals surface area contributed by atoms with Crippen LogP contribution in [0.15, 0.2) is 30.5 Å². The third kappa shape index (κ3) is 2.68. The molecule has 0 radical (unpaired) electrons. The van der Waals surface area contributed by atoms with Gasteiger partial charge >= 0.3 is 0 Å². The monoisotopic (exact) mass is 243 g/mol. The summed E-state index contributed by atoms with van der Waals surface area (Å²) in [6, 6.07) is 8.10. The van der Waals surface area contributed by atoms with Crippen LogP contribution in [-0.2, 0) is 0 Å². The molecule has 0 atom stereocenters. The SMILES string of the molecule is Cc1cnc(N)nc1Nc1ccc(N(C)C)cc1. The van der Waals surface area contributed by atoms with E-state index >= 15 is 0 Å².